The smallest absolute Gasteiger partial charge is 0.225 e. The second-order valence-corrected chi connectivity index (χ2v) is 7.75. The molecular formula is C9H14N2O3S3. The Hall–Kier alpha value is -0.730. The van der Waals surface area contributed by atoms with Crippen LogP contribution in [-0.4, -0.2) is 37.9 Å². The lowest BCUT2D eigenvalue weighted by Gasteiger charge is -2.03. The molecule has 17 heavy (non-hydrogen) atoms. The molecule has 96 valence electrons. The number of aryl methyl sites for hydroxylation is 1. The average molecular weight is 294 g/mol. The van der Waals surface area contributed by atoms with Gasteiger partial charge in [-0.15, -0.1) is 11.3 Å². The predicted molar refractivity (Wildman–Crippen MR) is 70.7 cm³/mol. The molecule has 0 aliphatic carbocycles. The van der Waals surface area contributed by atoms with Gasteiger partial charge in [-0.3, -0.25) is 4.79 Å². The van der Waals surface area contributed by atoms with Crippen molar-refractivity contribution in [2.45, 2.75) is 13.3 Å². The maximum Gasteiger partial charge on any atom is 0.225 e. The topological polar surface area (TPSA) is 79.0 Å². The van der Waals surface area contributed by atoms with Gasteiger partial charge in [0.1, 0.15) is 9.84 Å². The van der Waals surface area contributed by atoms with Gasteiger partial charge in [0, 0.05) is 23.4 Å². The molecule has 2 N–H and O–H groups in total. The van der Waals surface area contributed by atoms with E-state index in [-0.39, 0.29) is 24.6 Å². The molecule has 1 amide bonds. The van der Waals surface area contributed by atoms with Crippen LogP contribution in [0, 0.1) is 10.9 Å². The third-order valence-corrected chi connectivity index (χ3v) is 4.32. The SMILES string of the molecule is Cc1[nH]c(=S)sc1CC(=O)NCCS(C)(=O)=O. The molecule has 1 aromatic rings. The van der Waals surface area contributed by atoms with Gasteiger partial charge in [0.05, 0.1) is 12.2 Å². The maximum atomic E-state index is 11.5. The summed E-state index contributed by atoms with van der Waals surface area (Å²) in [4.78, 5) is 15.3. The van der Waals surface area contributed by atoms with Crippen LogP contribution in [0.25, 0.3) is 0 Å². The van der Waals surface area contributed by atoms with Gasteiger partial charge in [-0.1, -0.05) is 0 Å². The molecule has 8 heteroatoms. The summed E-state index contributed by atoms with van der Waals surface area (Å²) in [5.74, 6) is -0.234. The van der Waals surface area contributed by atoms with Crippen molar-refractivity contribution in [1.82, 2.24) is 10.3 Å². The van der Waals surface area contributed by atoms with Crippen LogP contribution in [0.15, 0.2) is 0 Å². The van der Waals surface area contributed by atoms with Crippen molar-refractivity contribution in [1.29, 1.82) is 0 Å². The van der Waals surface area contributed by atoms with Gasteiger partial charge in [-0.25, -0.2) is 8.42 Å². The van der Waals surface area contributed by atoms with Crippen LogP contribution in [0.1, 0.15) is 10.6 Å². The van der Waals surface area contributed by atoms with Crippen molar-refractivity contribution in [2.24, 2.45) is 0 Å². The summed E-state index contributed by atoms with van der Waals surface area (Å²) in [7, 11) is -3.03. The molecule has 0 saturated heterocycles. The number of aromatic amines is 1. The Kier molecular flexibility index (Phi) is 4.84. The van der Waals surface area contributed by atoms with E-state index in [1.807, 2.05) is 6.92 Å². The van der Waals surface area contributed by atoms with Crippen LogP contribution in [-0.2, 0) is 21.1 Å². The molecule has 0 spiro atoms. The number of aromatic nitrogens is 1. The molecule has 0 bridgehead atoms. The predicted octanol–water partition coefficient (Wildman–Crippen LogP) is 0.817. The van der Waals surface area contributed by atoms with E-state index in [2.05, 4.69) is 10.3 Å². The Morgan fingerprint density at radius 2 is 2.18 bits per heavy atom. The van der Waals surface area contributed by atoms with Gasteiger partial charge in [-0.05, 0) is 19.1 Å². The second-order valence-electron chi connectivity index (χ2n) is 3.72. The number of hydrogen-bond acceptors (Lipinski definition) is 5. The van der Waals surface area contributed by atoms with Crippen molar-refractivity contribution in [3.8, 4) is 0 Å². The minimum absolute atomic E-state index is 0.0411. The summed E-state index contributed by atoms with van der Waals surface area (Å²) in [6, 6.07) is 0. The van der Waals surface area contributed by atoms with Crippen LogP contribution >= 0.6 is 23.6 Å². The van der Waals surface area contributed by atoms with Crippen LogP contribution in [0.4, 0.5) is 0 Å². The van der Waals surface area contributed by atoms with Gasteiger partial charge in [0.2, 0.25) is 5.91 Å². The van der Waals surface area contributed by atoms with Gasteiger partial charge in [-0.2, -0.15) is 0 Å². The Labute approximate surface area is 109 Å². The zero-order chi connectivity index (χ0) is 13.1. The number of sulfone groups is 1. The summed E-state index contributed by atoms with van der Waals surface area (Å²) in [6.07, 6.45) is 1.37. The molecule has 0 saturated carbocycles. The highest BCUT2D eigenvalue weighted by atomic mass is 32.2. The van der Waals surface area contributed by atoms with Gasteiger partial charge in [0.15, 0.2) is 3.95 Å². The normalized spacial score (nSPS) is 11.4. The summed E-state index contributed by atoms with van der Waals surface area (Å²) in [5, 5.41) is 2.56. The second kappa shape index (κ2) is 5.74. The molecule has 0 aliphatic heterocycles. The van der Waals surface area contributed by atoms with Crippen molar-refractivity contribution in [2.75, 3.05) is 18.6 Å². The molecule has 0 unspecified atom stereocenters. The maximum absolute atomic E-state index is 11.5. The first-order chi connectivity index (χ1) is 7.78. The quantitative estimate of drug-likeness (QED) is 0.788. The van der Waals surface area contributed by atoms with E-state index in [0.29, 0.717) is 3.95 Å². The standard InChI is InChI=1S/C9H14N2O3S3/c1-6-7(16-9(15)11-6)5-8(12)10-3-4-17(2,13)14/h3-5H2,1-2H3,(H,10,12)(H,11,15). The molecule has 0 atom stereocenters. The molecule has 0 radical (unpaired) electrons. The number of nitrogens with one attached hydrogen (secondary N) is 2. The summed E-state index contributed by atoms with van der Waals surface area (Å²) >= 11 is 6.32. The fraction of sp³-hybridized carbons (Fsp3) is 0.556. The highest BCUT2D eigenvalue weighted by molar-refractivity contribution is 7.90. The minimum Gasteiger partial charge on any atom is -0.355 e. The largest absolute Gasteiger partial charge is 0.355 e. The molecule has 1 aromatic heterocycles. The third kappa shape index (κ3) is 5.42. The number of thiazole rings is 1. The van der Waals surface area contributed by atoms with Crippen LogP contribution in [0.3, 0.4) is 0 Å². The Morgan fingerprint density at radius 1 is 1.53 bits per heavy atom. The highest BCUT2D eigenvalue weighted by Gasteiger charge is 2.09. The lowest BCUT2D eigenvalue weighted by atomic mass is 10.3. The highest BCUT2D eigenvalue weighted by Crippen LogP contribution is 2.14. The first kappa shape index (κ1) is 14.3. The van der Waals surface area contributed by atoms with Gasteiger partial charge in [0.25, 0.3) is 0 Å². The summed E-state index contributed by atoms with van der Waals surface area (Å²) in [6.45, 7) is 2.00. The summed E-state index contributed by atoms with van der Waals surface area (Å²) < 4.78 is 22.4. The number of amides is 1. The fourth-order valence-corrected chi connectivity index (χ4v) is 2.95. The first-order valence-electron chi connectivity index (χ1n) is 4.91. The summed E-state index contributed by atoms with van der Waals surface area (Å²) in [5.41, 5.74) is 0.887. The van der Waals surface area contributed by atoms with Gasteiger partial charge >= 0.3 is 0 Å². The average Bonchev–Trinajstić information content (AvgIpc) is 2.42. The number of H-pyrrole nitrogens is 1. The van der Waals surface area contributed by atoms with E-state index in [9.17, 15) is 13.2 Å². The number of rotatable bonds is 5. The van der Waals surface area contributed by atoms with E-state index >= 15 is 0 Å². The third-order valence-electron chi connectivity index (χ3n) is 2.04. The number of hydrogen-bond donors (Lipinski definition) is 2. The zero-order valence-corrected chi connectivity index (χ0v) is 12.0. The van der Waals surface area contributed by atoms with Crippen LogP contribution in [0.2, 0.25) is 0 Å². The van der Waals surface area contributed by atoms with Crippen LogP contribution in [0.5, 0.6) is 0 Å². The van der Waals surface area contributed by atoms with E-state index in [0.717, 1.165) is 16.8 Å². The minimum atomic E-state index is -3.03. The Bertz CT molecular complexity index is 556. The molecule has 1 heterocycles. The lowest BCUT2D eigenvalue weighted by Crippen LogP contribution is -2.29. The van der Waals surface area contributed by atoms with E-state index in [1.54, 1.807) is 0 Å². The monoisotopic (exact) mass is 294 g/mol. The van der Waals surface area contributed by atoms with E-state index in [1.165, 1.54) is 11.3 Å². The number of carbonyl (C=O) groups is 1. The molecule has 0 fully saturated rings. The molecule has 0 aromatic carbocycles. The molecule has 5 nitrogen and oxygen atoms in total. The molecule has 0 aliphatic rings. The fourth-order valence-electron chi connectivity index (χ4n) is 1.19. The Morgan fingerprint density at radius 3 is 2.65 bits per heavy atom. The number of carbonyl (C=O) groups excluding carboxylic acids is 1. The van der Waals surface area contributed by atoms with Crippen molar-refractivity contribution < 1.29 is 13.2 Å². The molecular weight excluding hydrogens is 280 g/mol. The first-order valence-corrected chi connectivity index (χ1v) is 8.19. The molecule has 1 rings (SSSR count). The van der Waals surface area contributed by atoms with Crippen molar-refractivity contribution in [3.05, 3.63) is 14.5 Å². The van der Waals surface area contributed by atoms with E-state index in [4.69, 9.17) is 12.2 Å². The van der Waals surface area contributed by atoms with Crippen LogP contribution < -0.4 is 5.32 Å². The van der Waals surface area contributed by atoms with Crippen molar-refractivity contribution >= 4 is 39.3 Å². The zero-order valence-electron chi connectivity index (χ0n) is 9.57. The van der Waals surface area contributed by atoms with Crippen molar-refractivity contribution in [3.63, 3.8) is 0 Å². The van der Waals surface area contributed by atoms with E-state index < -0.39 is 9.84 Å². The van der Waals surface area contributed by atoms with Gasteiger partial charge < -0.3 is 10.3 Å². The lowest BCUT2D eigenvalue weighted by molar-refractivity contribution is -0.120. The Balaban J connectivity index is 2.45.